The summed E-state index contributed by atoms with van der Waals surface area (Å²) < 4.78 is 0. The van der Waals surface area contributed by atoms with Crippen molar-refractivity contribution in [2.45, 2.75) is 6.54 Å². The van der Waals surface area contributed by atoms with Gasteiger partial charge in [-0.3, -0.25) is 5.43 Å². The molecule has 1 saturated heterocycles. The van der Waals surface area contributed by atoms with Crippen molar-refractivity contribution in [2.75, 3.05) is 20.1 Å². The molecule has 2 rings (SSSR count). The summed E-state index contributed by atoms with van der Waals surface area (Å²) in [4.78, 5) is 18.4. The Balaban J connectivity index is 2.02. The van der Waals surface area contributed by atoms with Gasteiger partial charge in [0.15, 0.2) is 5.03 Å². The number of hydrogen-bond donors (Lipinski definition) is 2. The smallest absolute Gasteiger partial charge is 0.178 e. The van der Waals surface area contributed by atoms with Gasteiger partial charge in [0.1, 0.15) is 11.0 Å². The Morgan fingerprint density at radius 1 is 1.55 bits per heavy atom. The standard InChI is InChI=1S/C11H15ClN6O2/c1-16-4-5-17(11(16)7-14-15-18(19)20)8-9-2-3-10(12)13-6-9/h2-3,6-7,14-15H,4-5,8H2,1H3. The summed E-state index contributed by atoms with van der Waals surface area (Å²) in [5, 5.41) is 10.0. The zero-order valence-electron chi connectivity index (χ0n) is 10.9. The topological polar surface area (TPSA) is 86.6 Å². The van der Waals surface area contributed by atoms with E-state index >= 15 is 0 Å². The fraction of sp³-hybridized carbons (Fsp3) is 0.364. The highest BCUT2D eigenvalue weighted by atomic mass is 35.5. The second-order valence-corrected chi connectivity index (χ2v) is 4.74. The van der Waals surface area contributed by atoms with E-state index in [1.807, 2.05) is 23.5 Å². The molecule has 1 aromatic rings. The third kappa shape index (κ3) is 3.64. The van der Waals surface area contributed by atoms with E-state index in [4.69, 9.17) is 11.6 Å². The van der Waals surface area contributed by atoms with E-state index in [9.17, 15) is 10.1 Å². The number of hydrazine groups is 2. The van der Waals surface area contributed by atoms with Crippen molar-refractivity contribution in [3.8, 4) is 0 Å². The predicted molar refractivity (Wildman–Crippen MR) is 73.6 cm³/mol. The van der Waals surface area contributed by atoms with Gasteiger partial charge in [-0.2, -0.15) is 0 Å². The second-order valence-electron chi connectivity index (χ2n) is 4.35. The molecule has 1 aliphatic heterocycles. The van der Waals surface area contributed by atoms with Crippen molar-refractivity contribution in [3.63, 3.8) is 0 Å². The summed E-state index contributed by atoms with van der Waals surface area (Å²) in [5.74, 6) is 0.870. The molecule has 0 radical (unpaired) electrons. The molecule has 2 N–H and O–H groups in total. The molecular weight excluding hydrogens is 284 g/mol. The fourth-order valence-electron chi connectivity index (χ4n) is 1.97. The molecule has 20 heavy (non-hydrogen) atoms. The molecule has 108 valence electrons. The minimum atomic E-state index is -0.653. The van der Waals surface area contributed by atoms with Crippen LogP contribution in [0.3, 0.4) is 0 Å². The molecular formula is C11H15ClN6O2. The summed E-state index contributed by atoms with van der Waals surface area (Å²) >= 11 is 5.75. The van der Waals surface area contributed by atoms with Crippen LogP contribution in [0.1, 0.15) is 5.56 Å². The average molecular weight is 299 g/mol. The molecule has 0 saturated carbocycles. The molecule has 0 bridgehead atoms. The van der Waals surface area contributed by atoms with Crippen molar-refractivity contribution >= 4 is 11.6 Å². The maximum Gasteiger partial charge on any atom is 0.178 e. The van der Waals surface area contributed by atoms with E-state index in [-0.39, 0.29) is 0 Å². The van der Waals surface area contributed by atoms with Gasteiger partial charge in [-0.1, -0.05) is 17.7 Å². The highest BCUT2D eigenvalue weighted by molar-refractivity contribution is 6.29. The molecule has 0 aromatic carbocycles. The predicted octanol–water partition coefficient (Wildman–Crippen LogP) is 0.567. The molecule has 1 fully saturated rings. The normalized spacial score (nSPS) is 16.6. The summed E-state index contributed by atoms with van der Waals surface area (Å²) in [5.41, 5.74) is 5.37. The van der Waals surface area contributed by atoms with Crippen LogP contribution in [0.5, 0.6) is 0 Å². The van der Waals surface area contributed by atoms with Gasteiger partial charge >= 0.3 is 0 Å². The number of nitro groups is 1. The van der Waals surface area contributed by atoms with Crippen molar-refractivity contribution in [3.05, 3.63) is 51.2 Å². The van der Waals surface area contributed by atoms with Crippen LogP contribution in [-0.4, -0.2) is 40.0 Å². The van der Waals surface area contributed by atoms with Crippen LogP contribution in [0, 0.1) is 10.1 Å². The van der Waals surface area contributed by atoms with Gasteiger partial charge in [-0.05, 0) is 17.2 Å². The maximum atomic E-state index is 10.2. The lowest BCUT2D eigenvalue weighted by Crippen LogP contribution is -2.34. The number of likely N-dealkylation sites (N-methyl/N-ethyl adjacent to an activating group) is 1. The quantitative estimate of drug-likeness (QED) is 0.467. The number of hydrogen-bond acceptors (Lipinski definition) is 6. The summed E-state index contributed by atoms with van der Waals surface area (Å²) in [6.45, 7) is 2.36. The third-order valence-corrected chi connectivity index (χ3v) is 3.16. The number of rotatable bonds is 5. The molecule has 8 nitrogen and oxygen atoms in total. The first-order valence-electron chi connectivity index (χ1n) is 5.98. The molecule has 0 aliphatic carbocycles. The zero-order valence-corrected chi connectivity index (χ0v) is 11.7. The average Bonchev–Trinajstić information content (AvgIpc) is 2.74. The minimum Gasteiger partial charge on any atom is -0.358 e. The van der Waals surface area contributed by atoms with Crippen LogP contribution < -0.4 is 11.0 Å². The van der Waals surface area contributed by atoms with E-state index in [2.05, 4.69) is 15.3 Å². The van der Waals surface area contributed by atoms with E-state index in [1.165, 1.54) is 0 Å². The largest absolute Gasteiger partial charge is 0.358 e. The van der Waals surface area contributed by atoms with Gasteiger partial charge in [0.2, 0.25) is 0 Å². The van der Waals surface area contributed by atoms with Gasteiger partial charge < -0.3 is 9.80 Å². The van der Waals surface area contributed by atoms with E-state index in [0.29, 0.717) is 11.7 Å². The molecule has 0 unspecified atom stereocenters. The zero-order chi connectivity index (χ0) is 14.5. The second kappa shape index (κ2) is 6.29. The first kappa shape index (κ1) is 14.2. The Bertz CT molecular complexity index is 506. The van der Waals surface area contributed by atoms with Crippen LogP contribution in [0.4, 0.5) is 0 Å². The molecule has 1 aromatic heterocycles. The first-order valence-corrected chi connectivity index (χ1v) is 6.36. The molecule has 1 aliphatic rings. The fourth-order valence-corrected chi connectivity index (χ4v) is 2.08. The van der Waals surface area contributed by atoms with Crippen LogP contribution in [0.25, 0.3) is 0 Å². The van der Waals surface area contributed by atoms with Gasteiger partial charge in [-0.15, -0.1) is 0 Å². The Hall–Kier alpha value is -2.22. The Morgan fingerprint density at radius 2 is 2.35 bits per heavy atom. The van der Waals surface area contributed by atoms with Crippen LogP contribution >= 0.6 is 11.6 Å². The van der Waals surface area contributed by atoms with Crippen LogP contribution in [0.15, 0.2) is 30.4 Å². The van der Waals surface area contributed by atoms with E-state index < -0.39 is 5.03 Å². The first-order chi connectivity index (χ1) is 9.56. The summed E-state index contributed by atoms with van der Waals surface area (Å²) in [6, 6.07) is 3.65. The van der Waals surface area contributed by atoms with Crippen molar-refractivity contribution < 1.29 is 5.03 Å². The summed E-state index contributed by atoms with van der Waals surface area (Å²) in [6.07, 6.45) is 3.29. The lowest BCUT2D eigenvalue weighted by atomic mass is 10.2. The highest BCUT2D eigenvalue weighted by Crippen LogP contribution is 2.19. The number of nitrogens with one attached hydrogen (secondary N) is 2. The van der Waals surface area contributed by atoms with Gasteiger partial charge in [0, 0.05) is 32.9 Å². The SMILES string of the molecule is CN1CCN(Cc2ccc(Cl)nc2)C1=CNN[N+](=O)[O-]. The van der Waals surface area contributed by atoms with E-state index in [1.54, 1.807) is 18.5 Å². The Kier molecular flexibility index (Phi) is 4.46. The van der Waals surface area contributed by atoms with Gasteiger partial charge in [0.05, 0.1) is 6.20 Å². The summed E-state index contributed by atoms with van der Waals surface area (Å²) in [7, 11) is 1.93. The lowest BCUT2D eigenvalue weighted by molar-refractivity contribution is -0.553. The Morgan fingerprint density at radius 3 is 3.00 bits per heavy atom. The third-order valence-electron chi connectivity index (χ3n) is 2.94. The minimum absolute atomic E-state index is 0.458. The number of halogens is 1. The number of aromatic nitrogens is 1. The molecule has 0 amide bonds. The number of nitrogens with zero attached hydrogens (tertiary/aromatic N) is 4. The molecule has 0 spiro atoms. The van der Waals surface area contributed by atoms with E-state index in [0.717, 1.165) is 24.5 Å². The van der Waals surface area contributed by atoms with Gasteiger partial charge in [0.25, 0.3) is 0 Å². The Labute approximate surface area is 121 Å². The van der Waals surface area contributed by atoms with Crippen LogP contribution in [0.2, 0.25) is 5.15 Å². The van der Waals surface area contributed by atoms with Crippen molar-refractivity contribution in [1.29, 1.82) is 0 Å². The molecule has 9 heteroatoms. The number of pyridine rings is 1. The molecule has 2 heterocycles. The van der Waals surface area contributed by atoms with Crippen molar-refractivity contribution in [2.24, 2.45) is 0 Å². The monoisotopic (exact) mass is 298 g/mol. The highest BCUT2D eigenvalue weighted by Gasteiger charge is 2.21. The van der Waals surface area contributed by atoms with Crippen molar-refractivity contribution in [1.82, 2.24) is 25.7 Å². The molecule has 0 atom stereocenters. The van der Waals surface area contributed by atoms with Gasteiger partial charge in [-0.25, -0.2) is 15.1 Å². The lowest BCUT2D eigenvalue weighted by Gasteiger charge is -2.22. The maximum absolute atomic E-state index is 10.2. The van der Waals surface area contributed by atoms with Crippen LogP contribution in [-0.2, 0) is 6.54 Å².